The summed E-state index contributed by atoms with van der Waals surface area (Å²) in [5.74, 6) is 0. The van der Waals surface area contributed by atoms with Gasteiger partial charge in [0.2, 0.25) is 18.2 Å². The van der Waals surface area contributed by atoms with Gasteiger partial charge in [-0.1, -0.05) is 72.3 Å². The molecule has 0 atom stereocenters. The van der Waals surface area contributed by atoms with Gasteiger partial charge in [0.15, 0.2) is 0 Å². The minimum atomic E-state index is -4.18. The van der Waals surface area contributed by atoms with Crippen LogP contribution in [0.15, 0.2) is 55.1 Å². The Bertz CT molecular complexity index is 1180. The number of benzene rings is 3. The van der Waals surface area contributed by atoms with Gasteiger partial charge in [0.25, 0.3) is 0 Å². The molecule has 0 heterocycles. The molecule has 0 amide bonds. The van der Waals surface area contributed by atoms with Gasteiger partial charge in [-0.3, -0.25) is 9.59 Å². The summed E-state index contributed by atoms with van der Waals surface area (Å²) in [6.45, 7) is 14.9. The fourth-order valence-corrected chi connectivity index (χ4v) is 7.05. The molecule has 0 aliphatic heterocycles. The first-order valence-electron chi connectivity index (χ1n) is 10.6. The molecule has 0 unspecified atom stereocenters. The molecule has 0 aliphatic carbocycles. The van der Waals surface area contributed by atoms with E-state index in [2.05, 4.69) is 6.58 Å². The van der Waals surface area contributed by atoms with Crippen LogP contribution < -0.4 is 5.30 Å². The Kier molecular flexibility index (Phi) is 6.53. The summed E-state index contributed by atoms with van der Waals surface area (Å²) in [5, 5.41) is 0.247. The van der Waals surface area contributed by atoms with Crippen LogP contribution in [0.5, 0.6) is 0 Å². The SMILES string of the molecule is C=Cc1ccc(P(=O)(C(=O)c2c(C)cc(C)cc2C)C(=O)c2c(C)cc(C)cc2C)cc1. The van der Waals surface area contributed by atoms with Crippen LogP contribution in [0.25, 0.3) is 6.08 Å². The molecule has 0 spiro atoms. The highest BCUT2D eigenvalue weighted by atomic mass is 31.2. The lowest BCUT2D eigenvalue weighted by molar-refractivity contribution is 0.104. The number of carbonyl (C=O) groups is 2. The molecule has 0 saturated carbocycles. The average Bonchev–Trinajstić information content (AvgIpc) is 2.71. The Morgan fingerprint density at radius 2 is 1.03 bits per heavy atom. The molecule has 0 N–H and O–H groups in total. The molecule has 3 rings (SSSR count). The number of hydrogen-bond donors (Lipinski definition) is 0. The van der Waals surface area contributed by atoms with Gasteiger partial charge in [-0.15, -0.1) is 0 Å². The van der Waals surface area contributed by atoms with Crippen molar-refractivity contribution in [1.82, 2.24) is 0 Å². The zero-order chi connectivity index (χ0) is 23.8. The molecule has 0 saturated heterocycles. The van der Waals surface area contributed by atoms with E-state index in [1.165, 1.54) is 0 Å². The van der Waals surface area contributed by atoms with E-state index in [0.717, 1.165) is 38.9 Å². The lowest BCUT2D eigenvalue weighted by Gasteiger charge is -2.21. The zero-order valence-electron chi connectivity index (χ0n) is 19.6. The van der Waals surface area contributed by atoms with Crippen LogP contribution in [-0.4, -0.2) is 11.0 Å². The molecule has 0 fully saturated rings. The summed E-state index contributed by atoms with van der Waals surface area (Å²) < 4.78 is 14.7. The Morgan fingerprint density at radius 3 is 1.34 bits per heavy atom. The van der Waals surface area contributed by atoms with Gasteiger partial charge in [-0.2, -0.15) is 0 Å². The van der Waals surface area contributed by atoms with E-state index in [9.17, 15) is 14.2 Å². The summed E-state index contributed by atoms with van der Waals surface area (Å²) in [6, 6.07) is 14.3. The van der Waals surface area contributed by atoms with Crippen LogP contribution in [-0.2, 0) is 4.57 Å². The van der Waals surface area contributed by atoms with Gasteiger partial charge < -0.3 is 4.57 Å². The molecule has 0 radical (unpaired) electrons. The molecule has 0 aromatic heterocycles. The molecule has 3 nitrogen and oxygen atoms in total. The second-order valence-corrected chi connectivity index (χ2v) is 11.1. The Balaban J connectivity index is 2.32. The third kappa shape index (κ3) is 4.06. The standard InChI is InChI=1S/C28H29O3P/c1-8-23-9-11-24(12-10-23)32(31,27(29)25-19(4)13-17(2)14-20(25)5)28(30)26-21(6)15-18(3)16-22(26)7/h8-16H,1H2,2-7H3. The number of hydrogen-bond acceptors (Lipinski definition) is 3. The van der Waals surface area contributed by atoms with Gasteiger partial charge >= 0.3 is 0 Å². The number of carbonyl (C=O) groups excluding carboxylic acids is 2. The minimum Gasteiger partial charge on any atom is -0.302 e. The normalized spacial score (nSPS) is 11.3. The predicted octanol–water partition coefficient (Wildman–Crippen LogP) is 6.85. The van der Waals surface area contributed by atoms with Crippen LogP contribution in [0.4, 0.5) is 0 Å². The third-order valence-electron chi connectivity index (χ3n) is 5.85. The maximum atomic E-state index is 14.7. The highest BCUT2D eigenvalue weighted by Crippen LogP contribution is 2.52. The maximum Gasteiger partial charge on any atom is 0.248 e. The lowest BCUT2D eigenvalue weighted by Crippen LogP contribution is -2.23. The van der Waals surface area contributed by atoms with E-state index in [-0.39, 0.29) is 5.30 Å². The van der Waals surface area contributed by atoms with Crippen LogP contribution in [0, 0.1) is 41.5 Å². The van der Waals surface area contributed by atoms with Crippen LogP contribution in [0.3, 0.4) is 0 Å². The topological polar surface area (TPSA) is 51.2 Å². The van der Waals surface area contributed by atoms with Gasteiger partial charge in [-0.05, 0) is 69.4 Å². The molecular formula is C28H29O3P. The van der Waals surface area contributed by atoms with Crippen molar-refractivity contribution in [2.24, 2.45) is 0 Å². The summed E-state index contributed by atoms with van der Waals surface area (Å²) in [6.07, 6.45) is 1.67. The maximum absolute atomic E-state index is 14.7. The number of aryl methyl sites for hydroxylation is 6. The first kappa shape index (κ1) is 23.6. The van der Waals surface area contributed by atoms with E-state index >= 15 is 0 Å². The Hall–Kier alpha value is -3.03. The van der Waals surface area contributed by atoms with Crippen molar-refractivity contribution < 1.29 is 14.2 Å². The first-order chi connectivity index (χ1) is 15.0. The Morgan fingerprint density at radius 1 is 0.688 bits per heavy atom. The van der Waals surface area contributed by atoms with Crippen LogP contribution >= 0.6 is 7.14 Å². The highest BCUT2D eigenvalue weighted by molar-refractivity contribution is 8.01. The van der Waals surface area contributed by atoms with E-state index in [1.54, 1.807) is 30.3 Å². The first-order valence-corrected chi connectivity index (χ1v) is 12.3. The van der Waals surface area contributed by atoms with E-state index in [4.69, 9.17) is 0 Å². The fourth-order valence-electron chi connectivity index (χ4n) is 4.50. The van der Waals surface area contributed by atoms with E-state index in [0.29, 0.717) is 11.1 Å². The fraction of sp³-hybridized carbons (Fsp3) is 0.214. The van der Waals surface area contributed by atoms with Crippen molar-refractivity contribution in [3.8, 4) is 0 Å². The Labute approximate surface area is 190 Å². The summed E-state index contributed by atoms with van der Waals surface area (Å²) >= 11 is 0. The van der Waals surface area contributed by atoms with Crippen molar-refractivity contribution in [2.75, 3.05) is 0 Å². The third-order valence-corrected chi connectivity index (χ3v) is 8.46. The van der Waals surface area contributed by atoms with Crippen molar-refractivity contribution in [3.63, 3.8) is 0 Å². The second kappa shape index (κ2) is 8.84. The number of rotatable bonds is 6. The smallest absolute Gasteiger partial charge is 0.248 e. The van der Waals surface area contributed by atoms with Crippen molar-refractivity contribution in [3.05, 3.63) is 105 Å². The quantitative estimate of drug-likeness (QED) is 0.391. The predicted molar refractivity (Wildman–Crippen MR) is 134 cm³/mol. The minimum absolute atomic E-state index is 0.247. The van der Waals surface area contributed by atoms with Crippen molar-refractivity contribution in [2.45, 2.75) is 41.5 Å². The molecule has 32 heavy (non-hydrogen) atoms. The highest BCUT2D eigenvalue weighted by Gasteiger charge is 2.44. The van der Waals surface area contributed by atoms with Gasteiger partial charge in [0.05, 0.1) is 0 Å². The average molecular weight is 445 g/mol. The molecule has 0 bridgehead atoms. The summed E-state index contributed by atoms with van der Waals surface area (Å²) in [7, 11) is -4.18. The molecule has 0 aliphatic rings. The lowest BCUT2D eigenvalue weighted by atomic mass is 10.0. The monoisotopic (exact) mass is 444 g/mol. The van der Waals surface area contributed by atoms with E-state index in [1.807, 2.05) is 65.8 Å². The van der Waals surface area contributed by atoms with Gasteiger partial charge in [0.1, 0.15) is 0 Å². The molecular weight excluding hydrogens is 415 g/mol. The zero-order valence-corrected chi connectivity index (χ0v) is 20.5. The molecule has 3 aromatic rings. The second-order valence-electron chi connectivity index (χ2n) is 8.56. The summed E-state index contributed by atoms with van der Waals surface area (Å²) in [4.78, 5) is 27.9. The van der Waals surface area contributed by atoms with E-state index < -0.39 is 18.2 Å². The van der Waals surface area contributed by atoms with Gasteiger partial charge in [-0.25, -0.2) is 0 Å². The van der Waals surface area contributed by atoms with Crippen LogP contribution in [0.1, 0.15) is 59.7 Å². The largest absolute Gasteiger partial charge is 0.302 e. The molecule has 164 valence electrons. The molecule has 4 heteroatoms. The van der Waals surface area contributed by atoms with Crippen LogP contribution in [0.2, 0.25) is 0 Å². The molecule has 3 aromatic carbocycles. The summed E-state index contributed by atoms with van der Waals surface area (Å²) in [5.41, 5.74) is 5.25. The van der Waals surface area contributed by atoms with Crippen molar-refractivity contribution >= 4 is 29.6 Å². The van der Waals surface area contributed by atoms with Gasteiger partial charge in [0, 0.05) is 16.4 Å². The van der Waals surface area contributed by atoms with Crippen molar-refractivity contribution in [1.29, 1.82) is 0 Å².